The Bertz CT molecular complexity index is 834. The van der Waals surface area contributed by atoms with Crippen molar-refractivity contribution in [1.29, 1.82) is 0 Å². The van der Waals surface area contributed by atoms with Crippen molar-refractivity contribution in [1.82, 2.24) is 0 Å². The molecule has 2 aliphatic heterocycles. The molecule has 3 fully saturated rings. The van der Waals surface area contributed by atoms with Gasteiger partial charge in [-0.05, 0) is 0 Å². The van der Waals surface area contributed by atoms with Crippen LogP contribution in [0.3, 0.4) is 0 Å². The summed E-state index contributed by atoms with van der Waals surface area (Å²) in [5, 5.41) is 0. The van der Waals surface area contributed by atoms with Gasteiger partial charge in [0.05, 0.1) is 0 Å². The molecule has 1 saturated carbocycles. The Kier molecular flexibility index (Phi) is 3.86. The monoisotopic (exact) mass is 432 g/mol. The summed E-state index contributed by atoms with van der Waals surface area (Å²) in [5.41, 5.74) is 0.639. The predicted octanol–water partition coefficient (Wildman–Crippen LogP) is 2.66. The molecule has 2 aliphatic carbocycles. The van der Waals surface area contributed by atoms with E-state index in [0.717, 1.165) is 19.3 Å². The van der Waals surface area contributed by atoms with E-state index in [-0.39, 0.29) is 55.1 Å². The van der Waals surface area contributed by atoms with Gasteiger partial charge in [-0.2, -0.15) is 0 Å². The number of esters is 2. The van der Waals surface area contributed by atoms with Crippen molar-refractivity contribution in [3.63, 3.8) is 0 Å². The fraction of sp³-hybridized carbons (Fsp3) is 0.545. The molecule has 0 bridgehead atoms. The van der Waals surface area contributed by atoms with Crippen molar-refractivity contribution < 1.29 is 19.1 Å². The molecule has 5 heteroatoms. The van der Waals surface area contributed by atoms with Crippen LogP contribution < -0.4 is 4.46 Å². The average molecular weight is 431 g/mol. The van der Waals surface area contributed by atoms with Gasteiger partial charge in [0, 0.05) is 0 Å². The first-order valence-electron chi connectivity index (χ1n) is 9.73. The van der Waals surface area contributed by atoms with Crippen LogP contribution in [0.5, 0.6) is 0 Å². The number of carbonyl (C=O) groups excluding carboxylic acids is 2. The van der Waals surface area contributed by atoms with Crippen LogP contribution in [-0.2, 0) is 19.1 Å². The predicted molar refractivity (Wildman–Crippen MR) is 102 cm³/mol. The molecule has 0 spiro atoms. The van der Waals surface area contributed by atoms with Gasteiger partial charge in [-0.1, -0.05) is 0 Å². The van der Waals surface area contributed by atoms with Gasteiger partial charge in [-0.15, -0.1) is 0 Å². The van der Waals surface area contributed by atoms with E-state index < -0.39 is 5.41 Å². The molecule has 0 aromatic heterocycles. The Labute approximate surface area is 165 Å². The maximum absolute atomic E-state index is 12.9. The Morgan fingerprint density at radius 1 is 1.11 bits per heavy atom. The first kappa shape index (κ1) is 17.5. The number of hydrogen-bond donors (Lipinski definition) is 0. The van der Waals surface area contributed by atoms with Crippen molar-refractivity contribution in [2.24, 2.45) is 22.7 Å². The molecule has 2 saturated heterocycles. The van der Waals surface area contributed by atoms with Gasteiger partial charge in [0.2, 0.25) is 0 Å². The fourth-order valence-electron chi connectivity index (χ4n) is 6.20. The minimum atomic E-state index is -0.425. The van der Waals surface area contributed by atoms with Crippen LogP contribution in [0.25, 0.3) is 0 Å². The summed E-state index contributed by atoms with van der Waals surface area (Å²) in [6.07, 6.45) is 4.89. The number of carbonyl (C=O) groups is 2. The number of ether oxygens (including phenoxy) is 2. The molecule has 1 aromatic carbocycles. The van der Waals surface area contributed by atoms with Crippen molar-refractivity contribution in [2.75, 3.05) is 6.61 Å². The van der Waals surface area contributed by atoms with Crippen molar-refractivity contribution in [2.45, 2.75) is 44.0 Å². The molecule has 6 atom stereocenters. The molecule has 0 amide bonds. The number of hydrogen-bond acceptors (Lipinski definition) is 4. The Morgan fingerprint density at radius 2 is 1.89 bits per heavy atom. The van der Waals surface area contributed by atoms with Gasteiger partial charge < -0.3 is 0 Å². The van der Waals surface area contributed by atoms with Crippen LogP contribution in [0.15, 0.2) is 42.0 Å². The summed E-state index contributed by atoms with van der Waals surface area (Å²) in [5.74, 6) is 0.170. The van der Waals surface area contributed by atoms with Gasteiger partial charge in [0.25, 0.3) is 0 Å². The van der Waals surface area contributed by atoms with Crippen LogP contribution in [0.1, 0.15) is 33.1 Å². The number of rotatable bonds is 2. The van der Waals surface area contributed by atoms with Crippen molar-refractivity contribution >= 4 is 31.4 Å². The summed E-state index contributed by atoms with van der Waals surface area (Å²) in [7, 11) is 0. The van der Waals surface area contributed by atoms with Crippen LogP contribution in [0.4, 0.5) is 0 Å². The van der Waals surface area contributed by atoms with E-state index in [1.807, 2.05) is 18.2 Å². The third-order valence-electron chi connectivity index (χ3n) is 7.26. The SMILES string of the molecule is C[C@@]12CCC[C@]3(C)C(=O)O[C@H](C=C4COC(=O)[C@@H]([Se]c5ccccc5)[C@@H]41)[C@H]23. The fourth-order valence-corrected chi connectivity index (χ4v) is 9.12. The van der Waals surface area contributed by atoms with Gasteiger partial charge in [-0.3, -0.25) is 0 Å². The third kappa shape index (κ3) is 2.41. The number of fused-ring (bicyclic) bond motifs is 2. The van der Waals surface area contributed by atoms with E-state index in [1.54, 1.807) is 0 Å². The first-order chi connectivity index (χ1) is 12.9. The molecule has 1 aromatic rings. The molecule has 2 heterocycles. The normalized spacial score (nSPS) is 42.5. The maximum atomic E-state index is 12.9. The number of cyclic esters (lactones) is 1. The summed E-state index contributed by atoms with van der Waals surface area (Å²) in [4.78, 5) is 25.4. The average Bonchev–Trinajstić information content (AvgIpc) is 2.90. The first-order valence-corrected chi connectivity index (χ1v) is 11.6. The summed E-state index contributed by atoms with van der Waals surface area (Å²) in [6, 6.07) is 10.3. The van der Waals surface area contributed by atoms with Gasteiger partial charge in [0.15, 0.2) is 0 Å². The second-order valence-electron chi connectivity index (χ2n) is 8.80. The Hall–Kier alpha value is -1.58. The van der Waals surface area contributed by atoms with Crippen LogP contribution in [0.2, 0.25) is 4.82 Å². The molecule has 142 valence electrons. The quantitative estimate of drug-likeness (QED) is 0.411. The molecule has 4 aliphatic rings. The van der Waals surface area contributed by atoms with E-state index in [9.17, 15) is 9.59 Å². The second-order valence-corrected chi connectivity index (χ2v) is 11.4. The summed E-state index contributed by atoms with van der Waals surface area (Å²) in [6.45, 7) is 4.72. The molecule has 0 unspecified atom stereocenters. The zero-order chi connectivity index (χ0) is 18.8. The van der Waals surface area contributed by atoms with E-state index >= 15 is 0 Å². The standard InChI is InChI=1S/C22H24O4Se/c1-21-9-6-10-22(2)18(21)15(26-20(22)24)11-13-12-25-19(23)17(16(13)21)27-14-7-4-3-5-8-14/h3-5,7-8,11,15-18H,6,9-10,12H2,1-2H3/t15-,16-,17+,18-,21-,22+/m1/s1. The van der Waals surface area contributed by atoms with Gasteiger partial charge in [0.1, 0.15) is 0 Å². The molecular weight excluding hydrogens is 407 g/mol. The van der Waals surface area contributed by atoms with E-state index in [1.165, 1.54) is 10.0 Å². The van der Waals surface area contributed by atoms with Crippen molar-refractivity contribution in [3.8, 4) is 0 Å². The molecule has 0 radical (unpaired) electrons. The summed E-state index contributed by atoms with van der Waals surface area (Å²) >= 11 is -0.00428. The van der Waals surface area contributed by atoms with Crippen molar-refractivity contribution in [3.05, 3.63) is 42.0 Å². The van der Waals surface area contributed by atoms with Gasteiger partial charge >= 0.3 is 166 Å². The zero-order valence-electron chi connectivity index (χ0n) is 15.6. The van der Waals surface area contributed by atoms with E-state index in [2.05, 4.69) is 32.1 Å². The number of benzene rings is 1. The van der Waals surface area contributed by atoms with Crippen LogP contribution in [-0.4, -0.2) is 39.6 Å². The summed E-state index contributed by atoms with van der Waals surface area (Å²) < 4.78 is 12.6. The van der Waals surface area contributed by atoms with Gasteiger partial charge in [-0.25, -0.2) is 0 Å². The van der Waals surface area contributed by atoms with Crippen LogP contribution in [0, 0.1) is 22.7 Å². The Balaban J connectivity index is 1.60. The molecule has 5 rings (SSSR count). The zero-order valence-corrected chi connectivity index (χ0v) is 17.4. The van der Waals surface area contributed by atoms with E-state index in [0.29, 0.717) is 6.61 Å². The molecule has 0 N–H and O–H groups in total. The molecule has 27 heavy (non-hydrogen) atoms. The molecule has 4 nitrogen and oxygen atoms in total. The Morgan fingerprint density at radius 3 is 2.67 bits per heavy atom. The molecular formula is C22H24O4Se. The third-order valence-corrected chi connectivity index (χ3v) is 9.91. The van der Waals surface area contributed by atoms with E-state index in [4.69, 9.17) is 9.47 Å². The minimum absolute atomic E-state index is 0.00428. The second kappa shape index (κ2) is 5.96. The topological polar surface area (TPSA) is 52.6 Å². The van der Waals surface area contributed by atoms with Crippen LogP contribution >= 0.6 is 0 Å².